The van der Waals surface area contributed by atoms with Crippen molar-refractivity contribution in [3.05, 3.63) is 90.5 Å². The van der Waals surface area contributed by atoms with Crippen molar-refractivity contribution in [2.45, 2.75) is 19.8 Å². The maximum atomic E-state index is 12.0. The van der Waals surface area contributed by atoms with E-state index in [0.29, 0.717) is 6.42 Å². The van der Waals surface area contributed by atoms with E-state index in [2.05, 4.69) is 59.7 Å². The highest BCUT2D eigenvalue weighted by molar-refractivity contribution is 6.09. The normalized spacial score (nSPS) is 10.9. The number of rotatable bonds is 8. The molecule has 5 nitrogen and oxygen atoms in total. The molecule has 0 spiro atoms. The van der Waals surface area contributed by atoms with E-state index in [1.807, 2.05) is 24.3 Å². The van der Waals surface area contributed by atoms with Crippen molar-refractivity contribution in [2.75, 3.05) is 13.2 Å². The molecule has 0 amide bonds. The van der Waals surface area contributed by atoms with Gasteiger partial charge in [-0.15, -0.1) is 0 Å². The molecule has 0 aliphatic rings. The zero-order chi connectivity index (χ0) is 22.5. The maximum Gasteiger partial charge on any atom is 0.336 e. The molecule has 3 aromatic carbocycles. The lowest BCUT2D eigenvalue weighted by molar-refractivity contribution is -0.144. The number of aryl methyl sites for hydroxylation is 1. The number of para-hydroxylation sites is 2. The monoisotopic (exact) mass is 427 g/mol. The molecule has 0 atom stereocenters. The lowest BCUT2D eigenvalue weighted by Crippen LogP contribution is -2.15. The van der Waals surface area contributed by atoms with Crippen LogP contribution in [0.25, 0.3) is 27.5 Å². The number of ether oxygens (including phenoxy) is 2. The van der Waals surface area contributed by atoms with Gasteiger partial charge in [-0.1, -0.05) is 55.1 Å². The predicted octanol–water partition coefficient (Wildman–Crippen LogP) is 5.38. The minimum Gasteiger partial charge on any atom is -0.463 e. The van der Waals surface area contributed by atoms with Crippen LogP contribution in [0.3, 0.4) is 0 Å². The second-order valence-electron chi connectivity index (χ2n) is 7.52. The number of aromatic nitrogens is 1. The quantitative estimate of drug-likeness (QED) is 0.280. The fraction of sp³-hybridized carbons (Fsp3) is 0.185. The Kier molecular flexibility index (Phi) is 6.36. The highest BCUT2D eigenvalue weighted by atomic mass is 16.5. The minimum atomic E-state index is -0.541. The smallest absolute Gasteiger partial charge is 0.336 e. The van der Waals surface area contributed by atoms with E-state index in [4.69, 9.17) is 9.47 Å². The fourth-order valence-corrected chi connectivity index (χ4v) is 3.79. The Balaban J connectivity index is 1.44. The fourth-order valence-electron chi connectivity index (χ4n) is 3.79. The third-order valence-electron chi connectivity index (χ3n) is 5.36. The highest BCUT2D eigenvalue weighted by Gasteiger charge is 2.13. The average molecular weight is 428 g/mol. The molecule has 0 saturated carbocycles. The molecule has 1 heterocycles. The van der Waals surface area contributed by atoms with Crippen molar-refractivity contribution in [1.29, 1.82) is 0 Å². The molecule has 0 unspecified atom stereocenters. The molecular formula is C27H25NO4. The Morgan fingerprint density at radius 1 is 0.844 bits per heavy atom. The molecule has 1 aromatic heterocycles. The summed E-state index contributed by atoms with van der Waals surface area (Å²) in [6.45, 7) is 5.41. The molecule has 0 radical (unpaired) electrons. The van der Waals surface area contributed by atoms with Crippen LogP contribution < -0.4 is 0 Å². The van der Waals surface area contributed by atoms with Gasteiger partial charge in [0.1, 0.15) is 6.61 Å². The summed E-state index contributed by atoms with van der Waals surface area (Å²) in [5, 5.41) is 2.44. The van der Waals surface area contributed by atoms with Gasteiger partial charge in [-0.3, -0.25) is 4.79 Å². The first kappa shape index (κ1) is 21.4. The number of nitrogens with zero attached hydrogens (tertiary/aromatic N) is 1. The van der Waals surface area contributed by atoms with Crippen molar-refractivity contribution in [3.63, 3.8) is 0 Å². The molecule has 5 heteroatoms. The Morgan fingerprint density at radius 3 is 2.03 bits per heavy atom. The lowest BCUT2D eigenvalue weighted by atomic mass is 10.1. The predicted molar refractivity (Wildman–Crippen MR) is 126 cm³/mol. The van der Waals surface area contributed by atoms with Crippen LogP contribution in [-0.4, -0.2) is 29.7 Å². The Hall–Kier alpha value is -3.86. The Morgan fingerprint density at radius 2 is 1.44 bits per heavy atom. The number of benzene rings is 3. The van der Waals surface area contributed by atoms with Gasteiger partial charge in [0, 0.05) is 22.9 Å². The van der Waals surface area contributed by atoms with Crippen LogP contribution in [0.4, 0.5) is 0 Å². The van der Waals surface area contributed by atoms with Gasteiger partial charge in [-0.05, 0) is 43.2 Å². The zero-order valence-electron chi connectivity index (χ0n) is 18.0. The first-order valence-corrected chi connectivity index (χ1v) is 10.7. The van der Waals surface area contributed by atoms with Crippen molar-refractivity contribution < 1.29 is 19.1 Å². The van der Waals surface area contributed by atoms with Gasteiger partial charge in [0.2, 0.25) is 0 Å². The molecule has 0 aliphatic carbocycles. The lowest BCUT2D eigenvalue weighted by Gasteiger charge is -2.09. The molecular weight excluding hydrogens is 402 g/mol. The van der Waals surface area contributed by atoms with Crippen molar-refractivity contribution in [2.24, 2.45) is 0 Å². The number of hydrogen-bond donors (Lipinski definition) is 0. The van der Waals surface area contributed by atoms with E-state index >= 15 is 0 Å². The number of hydrogen-bond acceptors (Lipinski definition) is 4. The number of fused-ring (bicyclic) bond motifs is 3. The molecule has 0 bridgehead atoms. The van der Waals surface area contributed by atoms with Crippen LogP contribution >= 0.6 is 0 Å². The largest absolute Gasteiger partial charge is 0.463 e. The van der Waals surface area contributed by atoms with Gasteiger partial charge in [0.15, 0.2) is 0 Å². The standard InChI is InChI=1S/C27H25NO4/c1-3-31-27(30)19(2)18-32-26(29)17-14-20-12-15-21(16-13-20)28-24-10-6-4-8-22(24)23-9-5-7-11-25(23)28/h4-13,15-16H,2-3,14,17-18H2,1H3. The van der Waals surface area contributed by atoms with Gasteiger partial charge in [-0.25, -0.2) is 4.79 Å². The van der Waals surface area contributed by atoms with E-state index in [1.165, 1.54) is 10.8 Å². The Bertz CT molecular complexity index is 1230. The van der Waals surface area contributed by atoms with Crippen molar-refractivity contribution in [1.82, 2.24) is 4.57 Å². The van der Waals surface area contributed by atoms with Gasteiger partial charge in [-0.2, -0.15) is 0 Å². The third-order valence-corrected chi connectivity index (χ3v) is 5.36. The number of carbonyl (C=O) groups is 2. The Labute approximate surface area is 186 Å². The first-order chi connectivity index (χ1) is 15.6. The molecule has 0 N–H and O–H groups in total. The number of carbonyl (C=O) groups excluding carboxylic acids is 2. The molecule has 4 rings (SSSR count). The first-order valence-electron chi connectivity index (χ1n) is 10.7. The van der Waals surface area contributed by atoms with Crippen LogP contribution in [0.2, 0.25) is 0 Å². The SMILES string of the molecule is C=C(COC(=O)CCc1ccc(-n2c3ccccc3c3ccccc32)cc1)C(=O)OCC. The molecule has 162 valence electrons. The van der Waals surface area contributed by atoms with Crippen molar-refractivity contribution in [3.8, 4) is 5.69 Å². The summed E-state index contributed by atoms with van der Waals surface area (Å²) in [4.78, 5) is 23.5. The second kappa shape index (κ2) is 9.52. The summed E-state index contributed by atoms with van der Waals surface area (Å²) in [5.74, 6) is -0.914. The van der Waals surface area contributed by atoms with Gasteiger partial charge >= 0.3 is 11.9 Å². The van der Waals surface area contributed by atoms with Gasteiger partial charge in [0.25, 0.3) is 0 Å². The van der Waals surface area contributed by atoms with Crippen LogP contribution in [0.1, 0.15) is 18.9 Å². The summed E-state index contributed by atoms with van der Waals surface area (Å²) < 4.78 is 12.2. The average Bonchev–Trinajstić information content (AvgIpc) is 3.16. The van der Waals surface area contributed by atoms with Crippen LogP contribution in [0, 0.1) is 0 Å². The molecule has 4 aromatic rings. The molecule has 0 fully saturated rings. The summed E-state index contributed by atoms with van der Waals surface area (Å²) in [6.07, 6.45) is 0.781. The van der Waals surface area contributed by atoms with E-state index in [-0.39, 0.29) is 31.2 Å². The zero-order valence-corrected chi connectivity index (χ0v) is 18.0. The summed E-state index contributed by atoms with van der Waals surface area (Å²) >= 11 is 0. The second-order valence-corrected chi connectivity index (χ2v) is 7.52. The van der Waals surface area contributed by atoms with E-state index in [9.17, 15) is 9.59 Å². The number of esters is 2. The van der Waals surface area contributed by atoms with E-state index in [0.717, 1.165) is 22.3 Å². The van der Waals surface area contributed by atoms with Crippen molar-refractivity contribution >= 4 is 33.7 Å². The summed E-state index contributed by atoms with van der Waals surface area (Å²) in [5.41, 5.74) is 4.56. The van der Waals surface area contributed by atoms with Gasteiger partial charge in [0.05, 0.1) is 23.2 Å². The summed E-state index contributed by atoms with van der Waals surface area (Å²) in [6, 6.07) is 25.0. The molecule has 0 aliphatic heterocycles. The van der Waals surface area contributed by atoms with Crippen LogP contribution in [0.5, 0.6) is 0 Å². The van der Waals surface area contributed by atoms with E-state index in [1.54, 1.807) is 6.92 Å². The topological polar surface area (TPSA) is 57.5 Å². The molecule has 0 saturated heterocycles. The maximum absolute atomic E-state index is 12.0. The third kappa shape index (κ3) is 4.42. The highest BCUT2D eigenvalue weighted by Crippen LogP contribution is 2.31. The van der Waals surface area contributed by atoms with E-state index < -0.39 is 5.97 Å². The summed E-state index contributed by atoms with van der Waals surface area (Å²) in [7, 11) is 0. The molecule has 32 heavy (non-hydrogen) atoms. The van der Waals surface area contributed by atoms with Crippen LogP contribution in [-0.2, 0) is 25.5 Å². The minimum absolute atomic E-state index is 0.135. The van der Waals surface area contributed by atoms with Crippen LogP contribution in [0.15, 0.2) is 84.9 Å². The van der Waals surface area contributed by atoms with Gasteiger partial charge < -0.3 is 14.0 Å².